The van der Waals surface area contributed by atoms with E-state index < -0.39 is 5.97 Å². The van der Waals surface area contributed by atoms with Crippen LogP contribution >= 0.6 is 0 Å². The maximum atomic E-state index is 9.11. The van der Waals surface area contributed by atoms with Gasteiger partial charge in [0.05, 0.1) is 18.3 Å². The van der Waals surface area contributed by atoms with Gasteiger partial charge in [0.15, 0.2) is 0 Å². The van der Waals surface area contributed by atoms with Crippen LogP contribution in [0.25, 0.3) is 11.4 Å². The minimum Gasteiger partial charge on any atom is -0.565 e. The monoisotopic (exact) mass is 643 g/mol. The number of rotatable bonds is 1. The van der Waals surface area contributed by atoms with E-state index in [9.17, 15) is 0 Å². The molecule has 11 nitrogen and oxygen atoms in total. The molecule has 0 atom stereocenters. The van der Waals surface area contributed by atoms with Crippen LogP contribution in [0.2, 0.25) is 0 Å². The number of pyridine rings is 2. The zero-order chi connectivity index (χ0) is 25.0. The molecule has 0 bridgehead atoms. The largest absolute Gasteiger partial charge is 2.00 e. The summed E-state index contributed by atoms with van der Waals surface area (Å²) in [6.45, 7) is 3.81. The van der Waals surface area contributed by atoms with Crippen LogP contribution in [0.3, 0.4) is 0 Å². The van der Waals surface area contributed by atoms with Gasteiger partial charge in [-0.1, -0.05) is 12.1 Å². The van der Waals surface area contributed by atoms with Crippen molar-refractivity contribution in [3.63, 3.8) is 0 Å². The minimum absolute atomic E-state index is 0. The van der Waals surface area contributed by atoms with Crippen LogP contribution in [0.1, 0.15) is 20.8 Å². The van der Waals surface area contributed by atoms with Crippen molar-refractivity contribution >= 4 is 17.9 Å². The Morgan fingerprint density at radius 3 is 1.00 bits per heavy atom. The van der Waals surface area contributed by atoms with E-state index in [0.717, 1.165) is 32.7 Å². The Kier molecular flexibility index (Phi) is 63.7. The summed E-state index contributed by atoms with van der Waals surface area (Å²) >= 11 is 0. The van der Waals surface area contributed by atoms with Crippen LogP contribution in [0, 0.1) is 0 Å². The molecule has 2 rings (SSSR count). The van der Waals surface area contributed by atoms with Crippen LogP contribution in [-0.2, 0) is 43.8 Å². The van der Waals surface area contributed by atoms with E-state index in [2.05, 4.69) is 9.97 Å². The van der Waals surface area contributed by atoms with Gasteiger partial charge < -0.3 is 30.6 Å². The van der Waals surface area contributed by atoms with Gasteiger partial charge in [-0.25, -0.2) is 9.59 Å². The molecule has 11 N–H and O–H groups in total. The third kappa shape index (κ3) is 63.0. The number of aliphatic hydroxyl groups excluding tert-OH is 3. The molecule has 0 saturated carbocycles. The Bertz CT molecular complexity index is 543. The molecule has 0 saturated heterocycles. The average Bonchev–Trinajstić information content (AvgIpc) is 2.73. The third-order valence-electron chi connectivity index (χ3n) is 1.59. The van der Waals surface area contributed by atoms with Gasteiger partial charge in [-0.05, 0) is 24.3 Å². The fraction of sp³-hybridized carbons (Fsp3) is 0.316. The van der Waals surface area contributed by atoms with Crippen molar-refractivity contribution in [2.45, 2.75) is 20.8 Å². The first-order valence-corrected chi connectivity index (χ1v) is 8.03. The SMILES string of the molecule is CC(=O)[OH2+].CC(=[OH+])[OH2+].CC(=[OH+])[OH2+].CO.CO.CO.[Rh+2].[Rh+2].c1ccc(-c2ccccn2)nc1. The molecule has 0 aromatic carbocycles. The summed E-state index contributed by atoms with van der Waals surface area (Å²) in [5.74, 6) is -1.25. The van der Waals surface area contributed by atoms with Gasteiger partial charge in [0.2, 0.25) is 0 Å². The molecule has 2 heterocycles. The molecule has 0 unspecified atom stereocenters. The molecule has 0 spiro atoms. The second-order valence-corrected chi connectivity index (χ2v) is 4.16. The summed E-state index contributed by atoms with van der Waals surface area (Å²) in [7, 11) is 3.00. The summed E-state index contributed by atoms with van der Waals surface area (Å²) in [6, 6.07) is 11.6. The van der Waals surface area contributed by atoms with Gasteiger partial charge in [0.1, 0.15) is 13.8 Å². The zero-order valence-corrected chi connectivity index (χ0v) is 22.1. The van der Waals surface area contributed by atoms with E-state index in [-0.39, 0.29) is 50.9 Å². The summed E-state index contributed by atoms with van der Waals surface area (Å²) in [4.78, 5) is 32.8. The molecule has 186 valence electrons. The topological polar surface area (TPSA) is 215 Å². The van der Waals surface area contributed by atoms with Crippen LogP contribution in [0.4, 0.5) is 0 Å². The van der Waals surface area contributed by atoms with Crippen molar-refractivity contribution in [3.05, 3.63) is 48.8 Å². The molecule has 0 aliphatic carbocycles. The summed E-state index contributed by atoms with van der Waals surface area (Å²) in [6.07, 6.45) is 3.54. The van der Waals surface area contributed by atoms with Crippen LogP contribution < -0.4 is 0 Å². The molecule has 0 fully saturated rings. The van der Waals surface area contributed by atoms with Crippen LogP contribution in [0.5, 0.6) is 0 Å². The summed E-state index contributed by atoms with van der Waals surface area (Å²) < 4.78 is 0. The Labute approximate surface area is 213 Å². The van der Waals surface area contributed by atoms with E-state index in [1.54, 1.807) is 12.4 Å². The fourth-order valence-corrected chi connectivity index (χ4v) is 1.03. The molecule has 0 aliphatic heterocycles. The van der Waals surface area contributed by atoms with Gasteiger partial charge in [-0.3, -0.25) is 9.97 Å². The Balaban J connectivity index is -0.0000000536. The number of hydrogen-bond donors (Lipinski definition) is 3. The molecule has 0 amide bonds. The number of carbonyl (C=O) groups excluding carboxylic acids is 3. The quantitative estimate of drug-likeness (QED) is 0.253. The molecule has 2 radical (unpaired) electrons. The zero-order valence-electron chi connectivity index (χ0n) is 18.8. The maximum absolute atomic E-state index is 9.11. The summed E-state index contributed by atoms with van der Waals surface area (Å²) in [5, 5.41) is 39.1. The molecular weight excluding hydrogens is 606 g/mol. The first kappa shape index (κ1) is 47.6. The molecular formula is C19H37N2O9Rh2+9. The average molecular weight is 643 g/mol. The first-order chi connectivity index (χ1) is 14.2. The second kappa shape index (κ2) is 42.8. The van der Waals surface area contributed by atoms with Gasteiger partial charge in [0.25, 0.3) is 0 Å². The summed E-state index contributed by atoms with van der Waals surface area (Å²) in [5.41, 5.74) is 1.83. The molecule has 2 aromatic heterocycles. The predicted octanol–water partition coefficient (Wildman–Crippen LogP) is -1.31. The Morgan fingerprint density at radius 2 is 0.875 bits per heavy atom. The fourth-order valence-electron chi connectivity index (χ4n) is 1.03. The van der Waals surface area contributed by atoms with Gasteiger partial charge in [-0.2, -0.15) is 0 Å². The second-order valence-electron chi connectivity index (χ2n) is 4.16. The van der Waals surface area contributed by atoms with Crippen LogP contribution in [-0.4, -0.2) is 89.4 Å². The van der Waals surface area contributed by atoms with E-state index in [0.29, 0.717) is 0 Å². The standard InChI is InChI=1S/C10H8N2.3C2H4O2.3CH4O.2Rh/c1-3-7-11-9(5-1)10-6-2-4-8-12-10;3*1-2(3)4;3*1-2;;/h1-8H;3*1H3,(H,3,4);3*2H,1H3;;/q;;;;;;;2*+2/p+5. The Morgan fingerprint density at radius 1 is 0.688 bits per heavy atom. The minimum atomic E-state index is -0.583. The first-order valence-electron chi connectivity index (χ1n) is 8.03. The van der Waals surface area contributed by atoms with Crippen molar-refractivity contribution in [2.75, 3.05) is 21.3 Å². The van der Waals surface area contributed by atoms with Crippen molar-refractivity contribution < 1.29 is 84.0 Å². The number of carbonyl (C=O) groups is 1. The van der Waals surface area contributed by atoms with Gasteiger partial charge >= 0.3 is 56.9 Å². The van der Waals surface area contributed by atoms with Crippen molar-refractivity contribution in [2.24, 2.45) is 0 Å². The van der Waals surface area contributed by atoms with E-state index >= 15 is 0 Å². The number of hydrogen-bond acceptors (Lipinski definition) is 6. The van der Waals surface area contributed by atoms with E-state index in [4.69, 9.17) is 45.0 Å². The molecule has 32 heavy (non-hydrogen) atoms. The Hall–Kier alpha value is -2.16. The van der Waals surface area contributed by atoms with Gasteiger partial charge in [0, 0.05) is 38.5 Å². The van der Waals surface area contributed by atoms with E-state index in [1.165, 1.54) is 20.8 Å². The smallest absolute Gasteiger partial charge is 0.565 e. The van der Waals surface area contributed by atoms with Crippen molar-refractivity contribution in [1.82, 2.24) is 9.97 Å². The van der Waals surface area contributed by atoms with Gasteiger partial charge in [-0.15, -0.1) is 0 Å². The maximum Gasteiger partial charge on any atom is 2.00 e. The van der Waals surface area contributed by atoms with Crippen molar-refractivity contribution in [3.8, 4) is 11.4 Å². The number of nitrogens with zero attached hydrogens (tertiary/aromatic N) is 2. The normalized spacial score (nSPS) is 6.53. The van der Waals surface area contributed by atoms with Crippen LogP contribution in [0.15, 0.2) is 48.8 Å². The van der Waals surface area contributed by atoms with E-state index in [1.807, 2.05) is 36.4 Å². The van der Waals surface area contributed by atoms with Crippen molar-refractivity contribution in [1.29, 1.82) is 0 Å². The number of aliphatic hydroxyl groups is 3. The molecule has 0 aliphatic rings. The number of aromatic nitrogens is 2. The molecule has 13 heteroatoms. The predicted molar refractivity (Wildman–Crippen MR) is 119 cm³/mol. The molecule has 2 aromatic rings. The third-order valence-corrected chi connectivity index (χ3v) is 1.59.